The fourth-order valence-electron chi connectivity index (χ4n) is 3.19. The third-order valence-corrected chi connectivity index (χ3v) is 4.43. The number of aryl methyl sites for hydroxylation is 1. The first kappa shape index (κ1) is 12.8. The van der Waals surface area contributed by atoms with Crippen LogP contribution in [0.25, 0.3) is 0 Å². The molecule has 2 saturated heterocycles. The van der Waals surface area contributed by atoms with Crippen LogP contribution < -0.4 is 9.47 Å². The number of carbonyl (C=O) groups excluding carboxylic acids is 1. The van der Waals surface area contributed by atoms with E-state index in [1.54, 1.807) is 0 Å². The number of cyclic esters (lactones) is 1. The lowest BCUT2D eigenvalue weighted by molar-refractivity contribution is 0.115. The molecular weight excluding hydrogens is 272 g/mol. The average Bonchev–Trinajstić information content (AvgIpc) is 3.06. The zero-order valence-electron chi connectivity index (χ0n) is 12.0. The molecule has 0 N–H and O–H groups in total. The van der Waals surface area contributed by atoms with Gasteiger partial charge in [-0.1, -0.05) is 0 Å². The van der Waals surface area contributed by atoms with Crippen LogP contribution in [0.15, 0.2) is 12.1 Å². The molecule has 0 aromatic heterocycles. The molecule has 1 aromatic carbocycles. The van der Waals surface area contributed by atoms with Gasteiger partial charge in [0.05, 0.1) is 6.04 Å². The van der Waals surface area contributed by atoms with E-state index >= 15 is 0 Å². The fraction of sp³-hybridized carbons (Fsp3) is 0.533. The normalized spacial score (nSPS) is 24.1. The van der Waals surface area contributed by atoms with E-state index in [0.717, 1.165) is 37.7 Å². The molecule has 6 nitrogen and oxygen atoms in total. The van der Waals surface area contributed by atoms with E-state index in [9.17, 15) is 4.79 Å². The maximum absolute atomic E-state index is 11.5. The molecule has 1 amide bonds. The van der Waals surface area contributed by atoms with Crippen molar-refractivity contribution in [3.8, 4) is 11.5 Å². The molecule has 1 aromatic rings. The van der Waals surface area contributed by atoms with Crippen molar-refractivity contribution in [2.45, 2.75) is 19.5 Å². The van der Waals surface area contributed by atoms with E-state index in [1.165, 1.54) is 11.1 Å². The van der Waals surface area contributed by atoms with Crippen molar-refractivity contribution in [3.05, 3.63) is 23.3 Å². The third kappa shape index (κ3) is 2.19. The van der Waals surface area contributed by atoms with Gasteiger partial charge in [0.25, 0.3) is 0 Å². The molecule has 1 unspecified atom stereocenters. The van der Waals surface area contributed by atoms with Crippen LogP contribution in [0.2, 0.25) is 0 Å². The van der Waals surface area contributed by atoms with Crippen LogP contribution in [-0.4, -0.2) is 55.0 Å². The smallest absolute Gasteiger partial charge is 0.410 e. The second-order valence-electron chi connectivity index (χ2n) is 5.79. The van der Waals surface area contributed by atoms with Crippen LogP contribution in [0.1, 0.15) is 11.1 Å². The second kappa shape index (κ2) is 4.80. The van der Waals surface area contributed by atoms with Gasteiger partial charge in [0.15, 0.2) is 11.5 Å². The molecular formula is C15H18N2O4. The van der Waals surface area contributed by atoms with E-state index in [4.69, 9.17) is 14.2 Å². The number of piperazine rings is 1. The lowest BCUT2D eigenvalue weighted by Crippen LogP contribution is -2.51. The van der Waals surface area contributed by atoms with Crippen LogP contribution in [0.3, 0.4) is 0 Å². The Morgan fingerprint density at radius 2 is 2.00 bits per heavy atom. The first-order valence-electron chi connectivity index (χ1n) is 7.25. The first-order valence-corrected chi connectivity index (χ1v) is 7.25. The molecule has 3 heterocycles. The SMILES string of the molecule is Cc1cc2c(cc1CN1CCN3C(=O)OCC3C1)OCO2. The van der Waals surface area contributed by atoms with Crippen molar-refractivity contribution < 1.29 is 19.0 Å². The van der Waals surface area contributed by atoms with Crippen molar-refractivity contribution >= 4 is 6.09 Å². The highest BCUT2D eigenvalue weighted by Gasteiger charge is 2.37. The Balaban J connectivity index is 1.48. The predicted octanol–water partition coefficient (Wildman–Crippen LogP) is 1.36. The summed E-state index contributed by atoms with van der Waals surface area (Å²) in [7, 11) is 0. The highest BCUT2D eigenvalue weighted by atomic mass is 16.7. The Kier molecular flexibility index (Phi) is 2.92. The van der Waals surface area contributed by atoms with Gasteiger partial charge in [0.2, 0.25) is 6.79 Å². The largest absolute Gasteiger partial charge is 0.454 e. The lowest BCUT2D eigenvalue weighted by Gasteiger charge is -2.35. The number of amides is 1. The summed E-state index contributed by atoms with van der Waals surface area (Å²) in [5, 5.41) is 0. The van der Waals surface area contributed by atoms with Crippen molar-refractivity contribution in [1.29, 1.82) is 0 Å². The molecule has 2 fully saturated rings. The Hall–Kier alpha value is -1.95. The van der Waals surface area contributed by atoms with Gasteiger partial charge in [-0.25, -0.2) is 4.79 Å². The molecule has 112 valence electrons. The number of nitrogens with zero attached hydrogens (tertiary/aromatic N) is 2. The predicted molar refractivity (Wildman–Crippen MR) is 74.4 cm³/mol. The molecule has 3 aliphatic rings. The van der Waals surface area contributed by atoms with Gasteiger partial charge < -0.3 is 14.2 Å². The van der Waals surface area contributed by atoms with Gasteiger partial charge in [-0.05, 0) is 30.2 Å². The van der Waals surface area contributed by atoms with Gasteiger partial charge in [-0.3, -0.25) is 9.80 Å². The highest BCUT2D eigenvalue weighted by molar-refractivity contribution is 5.70. The molecule has 3 aliphatic heterocycles. The zero-order valence-corrected chi connectivity index (χ0v) is 12.0. The summed E-state index contributed by atoms with van der Waals surface area (Å²) in [5.74, 6) is 1.66. The Labute approximate surface area is 123 Å². The molecule has 0 spiro atoms. The van der Waals surface area contributed by atoms with Crippen LogP contribution in [0.4, 0.5) is 4.79 Å². The maximum atomic E-state index is 11.5. The van der Waals surface area contributed by atoms with Crippen LogP contribution >= 0.6 is 0 Å². The number of carbonyl (C=O) groups is 1. The first-order chi connectivity index (χ1) is 10.2. The monoisotopic (exact) mass is 290 g/mol. The van der Waals surface area contributed by atoms with E-state index in [0.29, 0.717) is 13.4 Å². The number of hydrogen-bond acceptors (Lipinski definition) is 5. The molecule has 21 heavy (non-hydrogen) atoms. The number of fused-ring (bicyclic) bond motifs is 2. The van der Waals surface area contributed by atoms with Gasteiger partial charge in [0, 0.05) is 26.2 Å². The van der Waals surface area contributed by atoms with Crippen LogP contribution in [0.5, 0.6) is 11.5 Å². The van der Waals surface area contributed by atoms with Gasteiger partial charge in [-0.2, -0.15) is 0 Å². The minimum atomic E-state index is -0.168. The zero-order chi connectivity index (χ0) is 14.4. The lowest BCUT2D eigenvalue weighted by atomic mass is 10.1. The minimum absolute atomic E-state index is 0.168. The Morgan fingerprint density at radius 1 is 1.19 bits per heavy atom. The topological polar surface area (TPSA) is 51.2 Å². The van der Waals surface area contributed by atoms with Crippen LogP contribution in [-0.2, 0) is 11.3 Å². The highest BCUT2D eigenvalue weighted by Crippen LogP contribution is 2.35. The third-order valence-electron chi connectivity index (χ3n) is 4.43. The van der Waals surface area contributed by atoms with E-state index in [-0.39, 0.29) is 12.1 Å². The van der Waals surface area contributed by atoms with Crippen molar-refractivity contribution in [3.63, 3.8) is 0 Å². The molecule has 0 saturated carbocycles. The Morgan fingerprint density at radius 3 is 2.86 bits per heavy atom. The van der Waals surface area contributed by atoms with E-state index in [2.05, 4.69) is 17.9 Å². The molecule has 1 atom stereocenters. The summed E-state index contributed by atoms with van der Waals surface area (Å²) in [4.78, 5) is 15.7. The molecule has 0 bridgehead atoms. The molecule has 0 radical (unpaired) electrons. The number of benzene rings is 1. The second-order valence-corrected chi connectivity index (χ2v) is 5.79. The number of ether oxygens (including phenoxy) is 3. The quantitative estimate of drug-likeness (QED) is 0.823. The molecule has 6 heteroatoms. The summed E-state index contributed by atoms with van der Waals surface area (Å²) in [5.41, 5.74) is 2.46. The summed E-state index contributed by atoms with van der Waals surface area (Å²) in [6.45, 7) is 6.25. The van der Waals surface area contributed by atoms with Crippen molar-refractivity contribution in [2.75, 3.05) is 33.0 Å². The van der Waals surface area contributed by atoms with Gasteiger partial charge >= 0.3 is 6.09 Å². The van der Waals surface area contributed by atoms with E-state index < -0.39 is 0 Å². The van der Waals surface area contributed by atoms with Crippen molar-refractivity contribution in [2.24, 2.45) is 0 Å². The number of hydrogen-bond donors (Lipinski definition) is 0. The summed E-state index contributed by atoms with van der Waals surface area (Å²) in [6, 6.07) is 4.30. The van der Waals surface area contributed by atoms with Crippen LogP contribution in [0, 0.1) is 6.92 Å². The summed E-state index contributed by atoms with van der Waals surface area (Å²) in [6.07, 6.45) is -0.168. The molecule has 0 aliphatic carbocycles. The fourth-order valence-corrected chi connectivity index (χ4v) is 3.19. The summed E-state index contributed by atoms with van der Waals surface area (Å²) < 4.78 is 16.0. The number of rotatable bonds is 2. The maximum Gasteiger partial charge on any atom is 0.410 e. The van der Waals surface area contributed by atoms with Gasteiger partial charge in [0.1, 0.15) is 6.61 Å². The van der Waals surface area contributed by atoms with Crippen molar-refractivity contribution in [1.82, 2.24) is 9.80 Å². The summed E-state index contributed by atoms with van der Waals surface area (Å²) >= 11 is 0. The molecule has 4 rings (SSSR count). The van der Waals surface area contributed by atoms with E-state index in [1.807, 2.05) is 11.0 Å². The minimum Gasteiger partial charge on any atom is -0.454 e. The average molecular weight is 290 g/mol. The van der Waals surface area contributed by atoms with Gasteiger partial charge in [-0.15, -0.1) is 0 Å². The standard InChI is InChI=1S/C15H18N2O4/c1-10-4-13-14(21-9-20-13)5-11(10)6-16-2-3-17-12(7-16)8-19-15(17)18/h4-5,12H,2-3,6-9H2,1H3. The Bertz CT molecular complexity index is 589.